The third-order valence-electron chi connectivity index (χ3n) is 7.80. The maximum atomic E-state index is 5.33. The maximum absolute atomic E-state index is 5.33. The van der Waals surface area contributed by atoms with Crippen LogP contribution in [0.2, 0.25) is 0 Å². The summed E-state index contributed by atoms with van der Waals surface area (Å²) >= 11 is 0. The standard InChI is InChI=1S/C37H45N3/c1-7-38-35-24-23-33(27(2)3)25-36(35)39-37-29(5)34(22-14-10-13-20-32-21-16-15-17-28(32)4)30(6)40(37)26-31-18-11-8-9-12-19-31/h8,11-12,15-19,21-25,29,38H,2,6-7,9-10,13-14,20,26H2,1,3-5H3. The van der Waals surface area contributed by atoms with Crippen LogP contribution in [0.15, 0.2) is 114 Å². The number of benzene rings is 2. The van der Waals surface area contributed by atoms with Crippen molar-refractivity contribution in [1.82, 2.24) is 4.90 Å². The number of allylic oxidation sites excluding steroid dienone is 7. The van der Waals surface area contributed by atoms with Gasteiger partial charge < -0.3 is 10.2 Å². The Labute approximate surface area is 242 Å². The summed E-state index contributed by atoms with van der Waals surface area (Å²) in [7, 11) is 0. The predicted molar refractivity (Wildman–Crippen MR) is 175 cm³/mol. The Hall–Kier alpha value is -3.85. The van der Waals surface area contributed by atoms with Crippen molar-refractivity contribution in [2.45, 2.75) is 59.8 Å². The molecule has 1 heterocycles. The van der Waals surface area contributed by atoms with Crippen LogP contribution in [0.25, 0.3) is 5.57 Å². The van der Waals surface area contributed by atoms with E-state index in [4.69, 9.17) is 4.99 Å². The molecule has 2 aromatic carbocycles. The summed E-state index contributed by atoms with van der Waals surface area (Å²) in [6.45, 7) is 19.0. The highest BCUT2D eigenvalue weighted by Crippen LogP contribution is 2.38. The lowest BCUT2D eigenvalue weighted by atomic mass is 9.99. The minimum atomic E-state index is 0.165. The van der Waals surface area contributed by atoms with Crippen molar-refractivity contribution in [1.29, 1.82) is 0 Å². The van der Waals surface area contributed by atoms with Crippen LogP contribution in [0, 0.1) is 12.8 Å². The number of amidine groups is 1. The molecule has 1 N–H and O–H groups in total. The molecule has 3 nitrogen and oxygen atoms in total. The summed E-state index contributed by atoms with van der Waals surface area (Å²) in [4.78, 5) is 7.66. The van der Waals surface area contributed by atoms with E-state index in [0.717, 1.165) is 72.8 Å². The molecule has 0 saturated carbocycles. The Kier molecular flexibility index (Phi) is 10.2. The summed E-state index contributed by atoms with van der Waals surface area (Å²) in [6, 6.07) is 15.1. The molecule has 40 heavy (non-hydrogen) atoms. The summed E-state index contributed by atoms with van der Waals surface area (Å²) in [5.41, 5.74) is 10.6. The highest BCUT2D eigenvalue weighted by Gasteiger charge is 2.34. The van der Waals surface area contributed by atoms with Crippen LogP contribution in [0.4, 0.5) is 11.4 Å². The number of anilines is 1. The first kappa shape index (κ1) is 29.1. The van der Waals surface area contributed by atoms with Crippen molar-refractivity contribution in [3.8, 4) is 0 Å². The second-order valence-corrected chi connectivity index (χ2v) is 10.9. The van der Waals surface area contributed by atoms with Gasteiger partial charge in [0, 0.05) is 24.7 Å². The minimum absolute atomic E-state index is 0.165. The number of likely N-dealkylation sites (tertiary alicyclic amines) is 1. The number of hydrogen-bond donors (Lipinski definition) is 1. The van der Waals surface area contributed by atoms with Gasteiger partial charge in [-0.3, -0.25) is 0 Å². The van der Waals surface area contributed by atoms with E-state index >= 15 is 0 Å². The van der Waals surface area contributed by atoms with E-state index in [1.165, 1.54) is 28.7 Å². The summed E-state index contributed by atoms with van der Waals surface area (Å²) < 4.78 is 0. The SMILES string of the molecule is C=C(C)c1ccc(NCC)c(N=C2C(C)C(=CCCCCc3ccccc3C)C(=C)N2CC2=CC=CCC=C2)c1. The largest absolute Gasteiger partial charge is 0.384 e. The molecule has 208 valence electrons. The predicted octanol–water partition coefficient (Wildman–Crippen LogP) is 9.74. The van der Waals surface area contributed by atoms with Gasteiger partial charge in [0.1, 0.15) is 5.84 Å². The Bertz CT molecular complexity index is 1380. The molecule has 1 unspecified atom stereocenters. The van der Waals surface area contributed by atoms with Crippen molar-refractivity contribution in [2.24, 2.45) is 10.9 Å². The lowest BCUT2D eigenvalue weighted by Crippen LogP contribution is -2.27. The number of hydrogen-bond acceptors (Lipinski definition) is 2. The molecule has 0 aromatic heterocycles. The molecule has 2 aromatic rings. The molecular weight excluding hydrogens is 486 g/mol. The van der Waals surface area contributed by atoms with E-state index in [1.807, 2.05) is 6.92 Å². The van der Waals surface area contributed by atoms with Gasteiger partial charge in [0.25, 0.3) is 0 Å². The quantitative estimate of drug-likeness (QED) is 0.292. The molecule has 3 heteroatoms. The van der Waals surface area contributed by atoms with Gasteiger partial charge in [-0.15, -0.1) is 0 Å². The van der Waals surface area contributed by atoms with Crippen LogP contribution in [0.3, 0.4) is 0 Å². The van der Waals surface area contributed by atoms with Gasteiger partial charge in [0.05, 0.1) is 11.4 Å². The van der Waals surface area contributed by atoms with Crippen molar-refractivity contribution in [3.05, 3.63) is 126 Å². The molecule has 1 atom stereocenters. The van der Waals surface area contributed by atoms with Crippen LogP contribution in [-0.4, -0.2) is 23.8 Å². The monoisotopic (exact) mass is 531 g/mol. The lowest BCUT2D eigenvalue weighted by molar-refractivity contribution is 0.589. The van der Waals surface area contributed by atoms with Gasteiger partial charge in [-0.1, -0.05) is 92.4 Å². The first-order chi connectivity index (χ1) is 19.4. The van der Waals surface area contributed by atoms with Gasteiger partial charge in [0.15, 0.2) is 0 Å². The topological polar surface area (TPSA) is 27.6 Å². The third kappa shape index (κ3) is 7.21. The van der Waals surface area contributed by atoms with Crippen molar-refractivity contribution < 1.29 is 0 Å². The maximum Gasteiger partial charge on any atom is 0.117 e. The van der Waals surface area contributed by atoms with E-state index in [9.17, 15) is 0 Å². The summed E-state index contributed by atoms with van der Waals surface area (Å²) in [5.74, 6) is 1.22. The number of nitrogens with zero attached hydrogens (tertiary/aromatic N) is 2. The number of aliphatic imine (C=N–C) groups is 1. The zero-order chi connectivity index (χ0) is 28.5. The Morgan fingerprint density at radius 3 is 2.75 bits per heavy atom. The van der Waals surface area contributed by atoms with E-state index in [0.29, 0.717) is 0 Å². The molecule has 1 fully saturated rings. The fourth-order valence-electron chi connectivity index (χ4n) is 5.42. The molecule has 2 aliphatic rings. The van der Waals surface area contributed by atoms with Gasteiger partial charge in [0.2, 0.25) is 0 Å². The van der Waals surface area contributed by atoms with Crippen molar-refractivity contribution in [2.75, 3.05) is 18.4 Å². The first-order valence-electron chi connectivity index (χ1n) is 14.7. The van der Waals surface area contributed by atoms with E-state index in [1.54, 1.807) is 0 Å². The normalized spacial score (nSPS) is 18.9. The zero-order valence-electron chi connectivity index (χ0n) is 24.8. The van der Waals surface area contributed by atoms with E-state index in [-0.39, 0.29) is 5.92 Å². The fourth-order valence-corrected chi connectivity index (χ4v) is 5.42. The fraction of sp³-hybridized carbons (Fsp3) is 0.324. The molecule has 1 saturated heterocycles. The Balaban J connectivity index is 1.61. The van der Waals surface area contributed by atoms with Crippen molar-refractivity contribution in [3.63, 3.8) is 0 Å². The van der Waals surface area contributed by atoms with Gasteiger partial charge in [-0.05, 0) is 92.8 Å². The first-order valence-corrected chi connectivity index (χ1v) is 14.7. The lowest BCUT2D eigenvalue weighted by Gasteiger charge is -2.22. The molecular formula is C37H45N3. The van der Waals surface area contributed by atoms with Crippen LogP contribution in [-0.2, 0) is 6.42 Å². The smallest absolute Gasteiger partial charge is 0.117 e. The molecule has 0 bridgehead atoms. The van der Waals surface area contributed by atoms with Crippen molar-refractivity contribution >= 4 is 22.8 Å². The van der Waals surface area contributed by atoms with Gasteiger partial charge >= 0.3 is 0 Å². The van der Waals surface area contributed by atoms with Crippen LogP contribution < -0.4 is 5.32 Å². The number of rotatable bonds is 11. The second kappa shape index (κ2) is 14.0. The molecule has 0 spiro atoms. The number of unbranched alkanes of at least 4 members (excludes halogenated alkanes) is 2. The molecule has 0 amide bonds. The molecule has 0 radical (unpaired) electrons. The Morgan fingerprint density at radius 2 is 1.98 bits per heavy atom. The molecule has 1 aliphatic carbocycles. The number of nitrogens with one attached hydrogen (secondary N) is 1. The average Bonchev–Trinajstić information content (AvgIpc) is 3.11. The minimum Gasteiger partial charge on any atom is -0.384 e. The van der Waals surface area contributed by atoms with Gasteiger partial charge in [-0.2, -0.15) is 0 Å². The molecule has 1 aliphatic heterocycles. The van der Waals surface area contributed by atoms with Crippen LogP contribution in [0.1, 0.15) is 63.1 Å². The van der Waals surface area contributed by atoms with E-state index in [2.05, 4.69) is 123 Å². The molecule has 4 rings (SSSR count). The van der Waals surface area contributed by atoms with Crippen LogP contribution >= 0.6 is 0 Å². The zero-order valence-corrected chi connectivity index (χ0v) is 24.8. The summed E-state index contributed by atoms with van der Waals surface area (Å²) in [5, 5.41) is 3.50. The van der Waals surface area contributed by atoms with Crippen LogP contribution in [0.5, 0.6) is 0 Å². The highest BCUT2D eigenvalue weighted by molar-refractivity contribution is 5.97. The Morgan fingerprint density at radius 1 is 1.15 bits per heavy atom. The average molecular weight is 532 g/mol. The van der Waals surface area contributed by atoms with E-state index < -0.39 is 0 Å². The second-order valence-electron chi connectivity index (χ2n) is 10.9. The summed E-state index contributed by atoms with van der Waals surface area (Å²) in [6.07, 6.45) is 18.9. The number of aryl methyl sites for hydroxylation is 2. The highest BCUT2D eigenvalue weighted by atomic mass is 15.2. The van der Waals surface area contributed by atoms with Gasteiger partial charge in [-0.25, -0.2) is 4.99 Å². The third-order valence-corrected chi connectivity index (χ3v) is 7.80.